The van der Waals surface area contributed by atoms with E-state index in [9.17, 15) is 14.9 Å². The molecule has 0 spiro atoms. The van der Waals surface area contributed by atoms with Gasteiger partial charge in [-0.15, -0.1) is 5.10 Å². The van der Waals surface area contributed by atoms with Crippen molar-refractivity contribution in [2.75, 3.05) is 25.0 Å². The van der Waals surface area contributed by atoms with E-state index in [1.165, 1.54) is 43.2 Å². The Morgan fingerprint density at radius 1 is 1.00 bits per heavy atom. The molecule has 1 aromatic carbocycles. The molecule has 1 aliphatic carbocycles. The molecule has 0 atom stereocenters. The van der Waals surface area contributed by atoms with Gasteiger partial charge in [-0.25, -0.2) is 4.68 Å². The molecule has 5 rings (SSSR count). The van der Waals surface area contributed by atoms with E-state index >= 15 is 0 Å². The zero-order valence-corrected chi connectivity index (χ0v) is 25.7. The van der Waals surface area contributed by atoms with Gasteiger partial charge in [-0.2, -0.15) is 5.26 Å². The Morgan fingerprint density at radius 2 is 1.72 bits per heavy atom. The number of aryl methyl sites for hydroxylation is 1. The molecular weight excluding hydrogens is 540 g/mol. The van der Waals surface area contributed by atoms with Crippen molar-refractivity contribution in [1.29, 1.82) is 5.26 Å². The van der Waals surface area contributed by atoms with Crippen LogP contribution in [0.2, 0.25) is 0 Å². The van der Waals surface area contributed by atoms with Crippen LogP contribution in [-0.2, 0) is 5.41 Å². The molecule has 0 bridgehead atoms. The third-order valence-electron chi connectivity index (χ3n) is 8.87. The summed E-state index contributed by atoms with van der Waals surface area (Å²) in [5, 5.41) is 23.9. The Hall–Kier alpha value is -4.10. The topological polar surface area (TPSA) is 129 Å². The fourth-order valence-corrected chi connectivity index (χ4v) is 6.29. The number of anilines is 1. The van der Waals surface area contributed by atoms with Crippen molar-refractivity contribution in [2.45, 2.75) is 90.0 Å². The number of nitrogens with zero attached hydrogens (tertiary/aromatic N) is 6. The zero-order chi connectivity index (χ0) is 30.6. The van der Waals surface area contributed by atoms with Crippen LogP contribution in [0.5, 0.6) is 0 Å². The number of carbonyl (C=O) groups excluding carboxylic acids is 2. The van der Waals surface area contributed by atoms with Crippen LogP contribution >= 0.6 is 0 Å². The van der Waals surface area contributed by atoms with Gasteiger partial charge < -0.3 is 10.6 Å². The lowest BCUT2D eigenvalue weighted by Crippen LogP contribution is -2.58. The molecule has 2 N–H and O–H groups in total. The number of hydrogen-bond acceptors (Lipinski definition) is 7. The summed E-state index contributed by atoms with van der Waals surface area (Å²) in [7, 11) is 0. The summed E-state index contributed by atoms with van der Waals surface area (Å²) in [4.78, 5) is 33.5. The van der Waals surface area contributed by atoms with Crippen LogP contribution in [0.1, 0.15) is 110 Å². The molecule has 1 saturated heterocycles. The summed E-state index contributed by atoms with van der Waals surface area (Å²) in [6.45, 7) is 10.8. The van der Waals surface area contributed by atoms with Crippen LogP contribution in [0.25, 0.3) is 5.69 Å². The number of benzene rings is 1. The maximum Gasteiger partial charge on any atom is 0.273 e. The highest BCUT2D eigenvalue weighted by atomic mass is 16.2. The number of nitriles is 1. The predicted molar refractivity (Wildman–Crippen MR) is 165 cm³/mol. The lowest BCUT2D eigenvalue weighted by molar-refractivity contribution is 0.0326. The Labute approximate surface area is 253 Å². The normalized spacial score (nSPS) is 17.2. The van der Waals surface area contributed by atoms with E-state index in [0.717, 1.165) is 31.5 Å². The van der Waals surface area contributed by atoms with Crippen molar-refractivity contribution < 1.29 is 9.59 Å². The van der Waals surface area contributed by atoms with Crippen molar-refractivity contribution >= 4 is 17.5 Å². The van der Waals surface area contributed by atoms with Crippen LogP contribution in [0.3, 0.4) is 0 Å². The van der Waals surface area contributed by atoms with E-state index in [4.69, 9.17) is 0 Å². The summed E-state index contributed by atoms with van der Waals surface area (Å²) >= 11 is 0. The number of likely N-dealkylation sites (tertiary alicyclic amines) is 1. The van der Waals surface area contributed by atoms with Gasteiger partial charge in [0.05, 0.1) is 41.1 Å². The summed E-state index contributed by atoms with van der Waals surface area (Å²) in [6, 6.07) is 9.10. The van der Waals surface area contributed by atoms with E-state index in [1.54, 1.807) is 24.5 Å². The summed E-state index contributed by atoms with van der Waals surface area (Å²) in [5.74, 6) is -0.585. The molecule has 2 aliphatic rings. The molecule has 43 heavy (non-hydrogen) atoms. The maximum absolute atomic E-state index is 13.2. The minimum Gasteiger partial charge on any atom is -0.349 e. The Morgan fingerprint density at radius 3 is 2.42 bits per heavy atom. The Balaban J connectivity index is 1.30. The number of rotatable bonds is 7. The van der Waals surface area contributed by atoms with Crippen molar-refractivity contribution in [1.82, 2.24) is 30.2 Å². The lowest BCUT2D eigenvalue weighted by atomic mass is 9.79. The Kier molecular flexibility index (Phi) is 8.92. The number of aromatic nitrogens is 4. The summed E-state index contributed by atoms with van der Waals surface area (Å²) in [5.41, 5.74) is 3.50. The number of nitrogens with one attached hydrogen (secondary N) is 2. The smallest absolute Gasteiger partial charge is 0.273 e. The molecule has 10 heteroatoms. The van der Waals surface area contributed by atoms with E-state index in [0.29, 0.717) is 34.7 Å². The van der Waals surface area contributed by atoms with Gasteiger partial charge in [-0.1, -0.05) is 51.7 Å². The fraction of sp³-hybridized carbons (Fsp3) is 0.515. The molecule has 2 fully saturated rings. The summed E-state index contributed by atoms with van der Waals surface area (Å²) in [6.07, 6.45) is 12.8. The zero-order valence-electron chi connectivity index (χ0n) is 25.7. The second-order valence-electron chi connectivity index (χ2n) is 13.0. The first-order chi connectivity index (χ1) is 20.6. The number of carbonyl (C=O) groups is 2. The molecule has 0 unspecified atom stereocenters. The third kappa shape index (κ3) is 6.94. The van der Waals surface area contributed by atoms with E-state index in [1.807, 2.05) is 39.8 Å². The van der Waals surface area contributed by atoms with Gasteiger partial charge in [0.2, 0.25) is 0 Å². The minimum atomic E-state index is -0.344. The van der Waals surface area contributed by atoms with Crippen LogP contribution in [0, 0.1) is 18.3 Å². The lowest BCUT2D eigenvalue weighted by Gasteiger charge is -2.48. The maximum atomic E-state index is 13.2. The van der Waals surface area contributed by atoms with Gasteiger partial charge >= 0.3 is 0 Å². The molecular formula is C33H42N8O2. The van der Waals surface area contributed by atoms with E-state index in [2.05, 4.69) is 36.9 Å². The molecule has 2 amide bonds. The first-order valence-corrected chi connectivity index (χ1v) is 15.4. The monoisotopic (exact) mass is 582 g/mol. The fourth-order valence-electron chi connectivity index (χ4n) is 6.29. The van der Waals surface area contributed by atoms with Crippen LogP contribution < -0.4 is 10.6 Å². The first kappa shape index (κ1) is 30.4. The van der Waals surface area contributed by atoms with E-state index < -0.39 is 0 Å². The predicted octanol–water partition coefficient (Wildman–Crippen LogP) is 5.31. The Bertz CT molecular complexity index is 1520. The van der Waals surface area contributed by atoms with Crippen molar-refractivity contribution in [2.24, 2.45) is 0 Å². The first-order valence-electron chi connectivity index (χ1n) is 15.4. The van der Waals surface area contributed by atoms with Gasteiger partial charge in [0.15, 0.2) is 5.69 Å². The molecule has 0 radical (unpaired) electrons. The average Bonchev–Trinajstić information content (AvgIpc) is 3.51. The number of hydrogen-bond donors (Lipinski definition) is 2. The third-order valence-corrected chi connectivity index (χ3v) is 8.87. The van der Waals surface area contributed by atoms with Crippen LogP contribution in [-0.4, -0.2) is 61.9 Å². The number of amides is 2. The molecule has 1 saturated carbocycles. The SMILES string of the molecule is Cc1ncc(NC(=O)c2cc(C#N)cc(C(C)(C)C)c2)cc1-n1cc(C(=O)NCC2(N3CCCCC3)CCCCC2)nn1. The number of pyridine rings is 1. The molecule has 1 aliphatic heterocycles. The second kappa shape index (κ2) is 12.6. The highest BCUT2D eigenvalue weighted by molar-refractivity contribution is 6.04. The summed E-state index contributed by atoms with van der Waals surface area (Å²) < 4.78 is 1.52. The van der Waals surface area contributed by atoms with Crippen LogP contribution in [0.4, 0.5) is 5.69 Å². The molecule has 226 valence electrons. The molecule has 3 aromatic rings. The highest BCUT2D eigenvalue weighted by Gasteiger charge is 2.38. The average molecular weight is 583 g/mol. The quantitative estimate of drug-likeness (QED) is 0.386. The van der Waals surface area contributed by atoms with Gasteiger partial charge in [0.1, 0.15) is 0 Å². The molecule has 2 aromatic heterocycles. The largest absolute Gasteiger partial charge is 0.349 e. The molecule has 3 heterocycles. The minimum absolute atomic E-state index is 0.0256. The second-order valence-corrected chi connectivity index (χ2v) is 13.0. The van der Waals surface area contributed by atoms with E-state index in [-0.39, 0.29) is 28.5 Å². The number of piperidine rings is 1. The van der Waals surface area contributed by atoms with Crippen LogP contribution in [0.15, 0.2) is 36.7 Å². The highest BCUT2D eigenvalue weighted by Crippen LogP contribution is 2.35. The molecule has 10 nitrogen and oxygen atoms in total. The van der Waals surface area contributed by atoms with Gasteiger partial charge in [0, 0.05) is 17.6 Å². The van der Waals surface area contributed by atoms with Gasteiger partial charge in [0.25, 0.3) is 11.8 Å². The van der Waals surface area contributed by atoms with Gasteiger partial charge in [-0.05, 0) is 80.9 Å². The standard InChI is InChI=1S/C33H42N8O2/c1-23-29(18-27(20-35-23)37-30(42)25-15-24(19-34)16-26(17-25)32(2,3)4)41-21-28(38-39-41)31(43)36-22-33(11-7-5-8-12-33)40-13-9-6-10-14-40/h15-18,20-21H,5-14,22H2,1-4H3,(H,36,43)(H,37,42). The van der Waals surface area contributed by atoms with Crippen molar-refractivity contribution in [3.8, 4) is 11.8 Å². The van der Waals surface area contributed by atoms with Gasteiger partial charge in [-0.3, -0.25) is 19.5 Å². The van der Waals surface area contributed by atoms with Crippen molar-refractivity contribution in [3.05, 3.63) is 64.7 Å². The van der Waals surface area contributed by atoms with Crippen molar-refractivity contribution in [3.63, 3.8) is 0 Å².